The Morgan fingerprint density at radius 1 is 0.933 bits per heavy atom. The standard InChI is InChI=1S/C24H38O6/c1-23(2,3)29-21(26)20(22(27)30-24(4,5)6)15-19(16-25)13-10-14-28-17-18-11-8-7-9-12-18/h7-9,11-12,19-20,25H,10,13-17H2,1-6H3/t19-/m1/s1. The summed E-state index contributed by atoms with van der Waals surface area (Å²) in [6.07, 6.45) is 1.53. The summed E-state index contributed by atoms with van der Waals surface area (Å²) in [4.78, 5) is 25.3. The van der Waals surface area contributed by atoms with Crippen LogP contribution >= 0.6 is 0 Å². The van der Waals surface area contributed by atoms with Crippen molar-refractivity contribution in [2.75, 3.05) is 13.2 Å². The molecule has 0 spiro atoms. The lowest BCUT2D eigenvalue weighted by molar-refractivity contribution is -0.175. The SMILES string of the molecule is CC(C)(C)OC(=O)C(C[C@H](CO)CCCOCc1ccccc1)C(=O)OC(C)(C)C. The molecule has 1 atom stereocenters. The molecule has 1 aromatic carbocycles. The lowest BCUT2D eigenvalue weighted by Crippen LogP contribution is -2.38. The second kappa shape index (κ2) is 12.1. The average molecular weight is 423 g/mol. The molecule has 0 unspecified atom stereocenters. The molecule has 6 nitrogen and oxygen atoms in total. The Bertz CT molecular complexity index is 614. The maximum atomic E-state index is 12.6. The highest BCUT2D eigenvalue weighted by Gasteiger charge is 2.36. The summed E-state index contributed by atoms with van der Waals surface area (Å²) in [5, 5.41) is 9.79. The van der Waals surface area contributed by atoms with Gasteiger partial charge in [-0.1, -0.05) is 30.3 Å². The highest BCUT2D eigenvalue weighted by molar-refractivity contribution is 5.95. The molecule has 0 aromatic heterocycles. The van der Waals surface area contributed by atoms with E-state index in [1.807, 2.05) is 30.3 Å². The van der Waals surface area contributed by atoms with Crippen molar-refractivity contribution in [2.45, 2.75) is 78.6 Å². The first-order valence-electron chi connectivity index (χ1n) is 10.6. The van der Waals surface area contributed by atoms with Gasteiger partial charge in [-0.25, -0.2) is 0 Å². The second-order valence-corrected chi connectivity index (χ2v) is 9.58. The van der Waals surface area contributed by atoms with Crippen LogP contribution in [-0.4, -0.2) is 41.5 Å². The molecule has 0 heterocycles. The van der Waals surface area contributed by atoms with Gasteiger partial charge < -0.3 is 19.3 Å². The average Bonchev–Trinajstić information content (AvgIpc) is 2.61. The van der Waals surface area contributed by atoms with Gasteiger partial charge in [0.2, 0.25) is 0 Å². The first-order valence-corrected chi connectivity index (χ1v) is 10.6. The molecule has 0 aliphatic carbocycles. The van der Waals surface area contributed by atoms with Crippen molar-refractivity contribution in [3.8, 4) is 0 Å². The molecule has 1 rings (SSSR count). The number of aliphatic hydroxyl groups is 1. The van der Waals surface area contributed by atoms with E-state index in [2.05, 4.69) is 0 Å². The normalized spacial score (nSPS) is 13.2. The molecular formula is C24H38O6. The minimum absolute atomic E-state index is 0.124. The summed E-state index contributed by atoms with van der Waals surface area (Å²) in [6.45, 7) is 11.5. The monoisotopic (exact) mass is 422 g/mol. The van der Waals surface area contributed by atoms with Crippen molar-refractivity contribution in [2.24, 2.45) is 11.8 Å². The Kier molecular flexibility index (Phi) is 10.5. The summed E-state index contributed by atoms with van der Waals surface area (Å²) in [5.74, 6) is -2.52. The number of carbonyl (C=O) groups is 2. The molecule has 1 N–H and O–H groups in total. The third kappa shape index (κ3) is 11.3. The molecule has 1 aromatic rings. The van der Waals surface area contributed by atoms with E-state index in [0.29, 0.717) is 26.1 Å². The number of hydrogen-bond donors (Lipinski definition) is 1. The Morgan fingerprint density at radius 2 is 1.47 bits per heavy atom. The fourth-order valence-corrected chi connectivity index (χ4v) is 2.89. The van der Waals surface area contributed by atoms with Crippen LogP contribution in [0.3, 0.4) is 0 Å². The minimum Gasteiger partial charge on any atom is -0.459 e. The first kappa shape index (κ1) is 26.1. The molecule has 0 aliphatic heterocycles. The van der Waals surface area contributed by atoms with Gasteiger partial charge in [0, 0.05) is 13.2 Å². The largest absolute Gasteiger partial charge is 0.459 e. The number of benzene rings is 1. The third-order valence-corrected chi connectivity index (χ3v) is 4.22. The zero-order valence-electron chi connectivity index (χ0n) is 19.3. The molecule has 0 saturated heterocycles. The van der Waals surface area contributed by atoms with Gasteiger partial charge in [0.25, 0.3) is 0 Å². The molecule has 170 valence electrons. The summed E-state index contributed by atoms with van der Waals surface area (Å²) < 4.78 is 16.5. The zero-order valence-corrected chi connectivity index (χ0v) is 19.3. The van der Waals surface area contributed by atoms with Crippen molar-refractivity contribution in [1.82, 2.24) is 0 Å². The van der Waals surface area contributed by atoms with Crippen LogP contribution in [-0.2, 0) is 30.4 Å². The predicted molar refractivity (Wildman–Crippen MR) is 116 cm³/mol. The maximum Gasteiger partial charge on any atom is 0.320 e. The maximum absolute atomic E-state index is 12.6. The number of rotatable bonds is 11. The van der Waals surface area contributed by atoms with Gasteiger partial charge in [0.05, 0.1) is 6.61 Å². The molecule has 0 radical (unpaired) electrons. The molecule has 0 aliphatic rings. The Hall–Kier alpha value is -1.92. The van der Waals surface area contributed by atoms with Gasteiger partial charge in [0.1, 0.15) is 11.2 Å². The van der Waals surface area contributed by atoms with Gasteiger partial charge in [-0.05, 0) is 72.3 Å². The van der Waals surface area contributed by atoms with Gasteiger partial charge in [-0.15, -0.1) is 0 Å². The fourth-order valence-electron chi connectivity index (χ4n) is 2.89. The van der Waals surface area contributed by atoms with Crippen molar-refractivity contribution < 1.29 is 28.9 Å². The summed E-state index contributed by atoms with van der Waals surface area (Å²) in [7, 11) is 0. The molecule has 30 heavy (non-hydrogen) atoms. The number of ether oxygens (including phenoxy) is 3. The van der Waals surface area contributed by atoms with E-state index >= 15 is 0 Å². The van der Waals surface area contributed by atoms with E-state index in [1.165, 1.54) is 0 Å². The van der Waals surface area contributed by atoms with Crippen LogP contribution in [0.2, 0.25) is 0 Å². The second-order valence-electron chi connectivity index (χ2n) is 9.58. The molecule has 6 heteroatoms. The molecule has 0 bridgehead atoms. The topological polar surface area (TPSA) is 82.1 Å². The van der Waals surface area contributed by atoms with Crippen LogP contribution in [0.25, 0.3) is 0 Å². The van der Waals surface area contributed by atoms with E-state index in [1.54, 1.807) is 41.5 Å². The van der Waals surface area contributed by atoms with Gasteiger partial charge in [-0.3, -0.25) is 9.59 Å². The third-order valence-electron chi connectivity index (χ3n) is 4.22. The Balaban J connectivity index is 2.62. The molecule has 0 fully saturated rings. The van der Waals surface area contributed by atoms with Crippen molar-refractivity contribution in [3.63, 3.8) is 0 Å². The summed E-state index contributed by atoms with van der Waals surface area (Å²) >= 11 is 0. The van der Waals surface area contributed by atoms with E-state index in [9.17, 15) is 14.7 Å². The van der Waals surface area contributed by atoms with E-state index in [4.69, 9.17) is 14.2 Å². The van der Waals surface area contributed by atoms with Gasteiger partial charge in [0.15, 0.2) is 5.92 Å². The minimum atomic E-state index is -1.06. The van der Waals surface area contributed by atoms with Gasteiger partial charge in [-0.2, -0.15) is 0 Å². The van der Waals surface area contributed by atoms with E-state index in [-0.39, 0.29) is 18.9 Å². The first-order chi connectivity index (χ1) is 13.9. The van der Waals surface area contributed by atoms with Crippen LogP contribution < -0.4 is 0 Å². The van der Waals surface area contributed by atoms with Crippen LogP contribution in [0.1, 0.15) is 66.4 Å². The van der Waals surface area contributed by atoms with Gasteiger partial charge >= 0.3 is 11.9 Å². The number of carbonyl (C=O) groups excluding carboxylic acids is 2. The lowest BCUT2D eigenvalue weighted by atomic mass is 9.91. The predicted octanol–water partition coefficient (Wildman–Crippen LogP) is 4.28. The highest BCUT2D eigenvalue weighted by Crippen LogP contribution is 2.24. The molecule has 0 saturated carbocycles. The summed E-state index contributed by atoms with van der Waals surface area (Å²) in [5.41, 5.74) is -0.319. The van der Waals surface area contributed by atoms with Crippen LogP contribution in [0.4, 0.5) is 0 Å². The molecule has 0 amide bonds. The summed E-state index contributed by atoms with van der Waals surface area (Å²) in [6, 6.07) is 9.90. The van der Waals surface area contributed by atoms with Crippen molar-refractivity contribution in [1.29, 1.82) is 0 Å². The smallest absolute Gasteiger partial charge is 0.320 e. The van der Waals surface area contributed by atoms with E-state index in [0.717, 1.165) is 5.56 Å². The Morgan fingerprint density at radius 3 is 1.93 bits per heavy atom. The number of hydrogen-bond acceptors (Lipinski definition) is 6. The van der Waals surface area contributed by atoms with Crippen LogP contribution in [0.5, 0.6) is 0 Å². The molecular weight excluding hydrogens is 384 g/mol. The van der Waals surface area contributed by atoms with Crippen molar-refractivity contribution in [3.05, 3.63) is 35.9 Å². The fraction of sp³-hybridized carbons (Fsp3) is 0.667. The van der Waals surface area contributed by atoms with Crippen LogP contribution in [0.15, 0.2) is 30.3 Å². The van der Waals surface area contributed by atoms with Crippen LogP contribution in [0, 0.1) is 11.8 Å². The Labute approximate surface area is 180 Å². The highest BCUT2D eigenvalue weighted by atomic mass is 16.6. The van der Waals surface area contributed by atoms with Crippen molar-refractivity contribution >= 4 is 11.9 Å². The lowest BCUT2D eigenvalue weighted by Gasteiger charge is -2.28. The quantitative estimate of drug-likeness (QED) is 0.326. The zero-order chi connectivity index (χ0) is 22.8. The number of esters is 2. The number of aliphatic hydroxyl groups excluding tert-OH is 1. The van der Waals surface area contributed by atoms with E-state index < -0.39 is 29.1 Å².